The molecular formula is C16H25N3O2. The van der Waals surface area contributed by atoms with Crippen LogP contribution < -0.4 is 5.73 Å². The van der Waals surface area contributed by atoms with E-state index in [2.05, 4.69) is 9.88 Å². The third kappa shape index (κ3) is 3.05. The van der Waals surface area contributed by atoms with Crippen molar-refractivity contribution in [2.45, 2.75) is 43.7 Å². The van der Waals surface area contributed by atoms with Crippen molar-refractivity contribution in [2.24, 2.45) is 0 Å². The Morgan fingerprint density at radius 3 is 2.71 bits per heavy atom. The van der Waals surface area contributed by atoms with Crippen LogP contribution in [0.3, 0.4) is 0 Å². The minimum Gasteiger partial charge on any atom is -0.391 e. The molecule has 1 aliphatic heterocycles. The van der Waals surface area contributed by atoms with Gasteiger partial charge in [-0.05, 0) is 30.5 Å². The zero-order chi connectivity index (χ0) is 14.7. The number of nitrogens with two attached hydrogens (primary N) is 1. The van der Waals surface area contributed by atoms with Gasteiger partial charge in [-0.15, -0.1) is 0 Å². The van der Waals surface area contributed by atoms with Crippen LogP contribution in [0, 0.1) is 0 Å². The summed E-state index contributed by atoms with van der Waals surface area (Å²) in [6.45, 7) is 3.40. The summed E-state index contributed by atoms with van der Waals surface area (Å²) in [6.07, 6.45) is 6.56. The van der Waals surface area contributed by atoms with Gasteiger partial charge < -0.3 is 15.6 Å². The lowest BCUT2D eigenvalue weighted by Gasteiger charge is -2.46. The van der Waals surface area contributed by atoms with Gasteiger partial charge in [0.25, 0.3) is 0 Å². The zero-order valence-corrected chi connectivity index (χ0v) is 12.5. The zero-order valence-electron chi connectivity index (χ0n) is 12.5. The van der Waals surface area contributed by atoms with E-state index in [0.29, 0.717) is 12.2 Å². The third-order valence-corrected chi connectivity index (χ3v) is 5.01. The quantitative estimate of drug-likeness (QED) is 0.872. The Bertz CT molecular complexity index is 468. The summed E-state index contributed by atoms with van der Waals surface area (Å²) in [5.41, 5.74) is 6.73. The molecule has 0 bridgehead atoms. The molecule has 2 aliphatic rings. The summed E-state index contributed by atoms with van der Waals surface area (Å²) in [5.74, 6) is 0.520. The Morgan fingerprint density at radius 2 is 2.05 bits per heavy atom. The van der Waals surface area contributed by atoms with Crippen LogP contribution in [0.25, 0.3) is 0 Å². The molecule has 116 valence electrons. The highest BCUT2D eigenvalue weighted by molar-refractivity contribution is 5.32. The highest BCUT2D eigenvalue weighted by Gasteiger charge is 2.45. The van der Waals surface area contributed by atoms with E-state index in [1.807, 2.05) is 12.1 Å². The lowest BCUT2D eigenvalue weighted by atomic mass is 9.84. The summed E-state index contributed by atoms with van der Waals surface area (Å²) in [7, 11) is 0. The van der Waals surface area contributed by atoms with Gasteiger partial charge in [0.05, 0.1) is 19.3 Å². The number of nitrogen functional groups attached to an aromatic ring is 1. The summed E-state index contributed by atoms with van der Waals surface area (Å²) in [6, 6.07) is 3.81. The minimum absolute atomic E-state index is 0.0815. The molecule has 1 aliphatic carbocycles. The normalized spacial score (nSPS) is 24.0. The SMILES string of the molecule is Nc1cc(CC(O)C2(N3CCOCC3)CCCC2)ccn1. The van der Waals surface area contributed by atoms with Gasteiger partial charge in [0, 0.05) is 31.2 Å². The molecule has 0 spiro atoms. The molecule has 3 N–H and O–H groups in total. The second kappa shape index (κ2) is 6.30. The van der Waals surface area contributed by atoms with E-state index in [9.17, 15) is 5.11 Å². The molecule has 3 rings (SSSR count). The van der Waals surface area contributed by atoms with Gasteiger partial charge in [-0.3, -0.25) is 4.90 Å². The maximum atomic E-state index is 11.0. The number of aliphatic hydroxyl groups is 1. The molecule has 0 amide bonds. The van der Waals surface area contributed by atoms with Crippen molar-refractivity contribution in [3.8, 4) is 0 Å². The van der Waals surface area contributed by atoms with Gasteiger partial charge in [0.1, 0.15) is 5.82 Å². The van der Waals surface area contributed by atoms with Gasteiger partial charge in [0.15, 0.2) is 0 Å². The molecule has 1 aromatic heterocycles. The van der Waals surface area contributed by atoms with Gasteiger partial charge in [0.2, 0.25) is 0 Å². The number of pyridine rings is 1. The van der Waals surface area contributed by atoms with Crippen LogP contribution in [-0.2, 0) is 11.2 Å². The maximum absolute atomic E-state index is 11.0. The van der Waals surface area contributed by atoms with Gasteiger partial charge in [-0.1, -0.05) is 12.8 Å². The number of ether oxygens (including phenoxy) is 1. The van der Waals surface area contributed by atoms with Crippen molar-refractivity contribution in [3.05, 3.63) is 23.9 Å². The van der Waals surface area contributed by atoms with E-state index in [0.717, 1.165) is 44.7 Å². The number of anilines is 1. The molecule has 21 heavy (non-hydrogen) atoms. The van der Waals surface area contributed by atoms with Crippen LogP contribution in [0.4, 0.5) is 5.82 Å². The van der Waals surface area contributed by atoms with Crippen molar-refractivity contribution in [2.75, 3.05) is 32.0 Å². The van der Waals surface area contributed by atoms with Crippen LogP contribution in [-0.4, -0.2) is 52.9 Å². The fourth-order valence-corrected chi connectivity index (χ4v) is 3.89. The van der Waals surface area contributed by atoms with Crippen LogP contribution in [0.2, 0.25) is 0 Å². The van der Waals surface area contributed by atoms with Crippen molar-refractivity contribution >= 4 is 5.82 Å². The smallest absolute Gasteiger partial charge is 0.123 e. The summed E-state index contributed by atoms with van der Waals surface area (Å²) < 4.78 is 5.47. The highest BCUT2D eigenvalue weighted by atomic mass is 16.5. The number of nitrogens with zero attached hydrogens (tertiary/aromatic N) is 2. The molecule has 1 unspecified atom stereocenters. The van der Waals surface area contributed by atoms with Crippen molar-refractivity contribution in [1.29, 1.82) is 0 Å². The molecule has 1 aromatic rings. The first-order valence-electron chi connectivity index (χ1n) is 7.92. The Kier molecular flexibility index (Phi) is 4.42. The highest BCUT2D eigenvalue weighted by Crippen LogP contribution is 2.39. The Labute approximate surface area is 126 Å². The monoisotopic (exact) mass is 291 g/mol. The lowest BCUT2D eigenvalue weighted by molar-refractivity contribution is -0.0753. The molecule has 0 radical (unpaired) electrons. The van der Waals surface area contributed by atoms with E-state index in [1.165, 1.54) is 12.8 Å². The first-order valence-corrected chi connectivity index (χ1v) is 7.92. The fourth-order valence-electron chi connectivity index (χ4n) is 3.89. The van der Waals surface area contributed by atoms with E-state index in [4.69, 9.17) is 10.5 Å². The number of morpholine rings is 1. The number of aromatic nitrogens is 1. The fraction of sp³-hybridized carbons (Fsp3) is 0.688. The molecule has 1 saturated carbocycles. The van der Waals surface area contributed by atoms with Crippen molar-refractivity contribution in [3.63, 3.8) is 0 Å². The summed E-state index contributed by atoms with van der Waals surface area (Å²) in [4.78, 5) is 6.48. The number of hydrogen-bond acceptors (Lipinski definition) is 5. The topological polar surface area (TPSA) is 71.6 Å². The number of hydrogen-bond donors (Lipinski definition) is 2. The van der Waals surface area contributed by atoms with E-state index >= 15 is 0 Å². The molecule has 2 heterocycles. The lowest BCUT2D eigenvalue weighted by Crippen LogP contribution is -2.59. The van der Waals surface area contributed by atoms with Crippen LogP contribution in [0.15, 0.2) is 18.3 Å². The third-order valence-electron chi connectivity index (χ3n) is 5.01. The minimum atomic E-state index is -0.361. The molecular weight excluding hydrogens is 266 g/mol. The standard InChI is InChI=1S/C16H25N3O2/c17-15-12-13(3-6-18-15)11-14(20)16(4-1-2-5-16)19-7-9-21-10-8-19/h3,6,12,14,20H,1-2,4-5,7-11H2,(H2,17,18). The van der Waals surface area contributed by atoms with Crippen molar-refractivity contribution in [1.82, 2.24) is 9.88 Å². The van der Waals surface area contributed by atoms with Crippen LogP contribution in [0.5, 0.6) is 0 Å². The molecule has 5 nitrogen and oxygen atoms in total. The number of aliphatic hydroxyl groups excluding tert-OH is 1. The maximum Gasteiger partial charge on any atom is 0.123 e. The molecule has 2 fully saturated rings. The Hall–Kier alpha value is -1.17. The molecule has 1 atom stereocenters. The molecule has 1 saturated heterocycles. The number of rotatable bonds is 4. The Morgan fingerprint density at radius 1 is 1.33 bits per heavy atom. The average molecular weight is 291 g/mol. The molecule has 5 heteroatoms. The first kappa shape index (κ1) is 14.8. The summed E-state index contributed by atoms with van der Waals surface area (Å²) in [5, 5.41) is 11.0. The van der Waals surface area contributed by atoms with E-state index in [-0.39, 0.29) is 11.6 Å². The summed E-state index contributed by atoms with van der Waals surface area (Å²) >= 11 is 0. The van der Waals surface area contributed by atoms with Crippen LogP contribution >= 0.6 is 0 Å². The second-order valence-corrected chi connectivity index (χ2v) is 6.22. The second-order valence-electron chi connectivity index (χ2n) is 6.22. The predicted octanol–water partition coefficient (Wildman–Crippen LogP) is 1.21. The van der Waals surface area contributed by atoms with Crippen LogP contribution in [0.1, 0.15) is 31.2 Å². The van der Waals surface area contributed by atoms with Crippen molar-refractivity contribution < 1.29 is 9.84 Å². The van der Waals surface area contributed by atoms with Gasteiger partial charge in [-0.25, -0.2) is 4.98 Å². The van der Waals surface area contributed by atoms with Gasteiger partial charge >= 0.3 is 0 Å². The predicted molar refractivity (Wildman–Crippen MR) is 82.0 cm³/mol. The Balaban J connectivity index is 1.76. The first-order chi connectivity index (χ1) is 10.2. The van der Waals surface area contributed by atoms with E-state index in [1.54, 1.807) is 6.20 Å². The van der Waals surface area contributed by atoms with E-state index < -0.39 is 0 Å². The largest absolute Gasteiger partial charge is 0.391 e. The van der Waals surface area contributed by atoms with Gasteiger partial charge in [-0.2, -0.15) is 0 Å². The average Bonchev–Trinajstić information content (AvgIpc) is 2.99. The molecule has 0 aromatic carbocycles.